The number of hydrogen-bond donors (Lipinski definition) is 0. The average Bonchev–Trinajstić information content (AvgIpc) is 2.68. The quantitative estimate of drug-likeness (QED) is 0.163. The summed E-state index contributed by atoms with van der Waals surface area (Å²) in [5.41, 5.74) is 1.93. The second-order valence-electron chi connectivity index (χ2n) is 10.0. The van der Waals surface area contributed by atoms with Gasteiger partial charge in [-0.1, -0.05) is 128 Å². The van der Waals surface area contributed by atoms with E-state index < -0.39 is 0 Å². The van der Waals surface area contributed by atoms with E-state index in [9.17, 15) is 0 Å². The van der Waals surface area contributed by atoms with Crippen LogP contribution in [0.2, 0.25) is 0 Å². The van der Waals surface area contributed by atoms with Gasteiger partial charge in [0.1, 0.15) is 0 Å². The summed E-state index contributed by atoms with van der Waals surface area (Å²) in [7, 11) is 0. The molecule has 0 amide bonds. The average molecular weight is 421 g/mol. The van der Waals surface area contributed by atoms with E-state index in [4.69, 9.17) is 11.6 Å². The van der Waals surface area contributed by atoms with Crippen LogP contribution in [0.5, 0.6) is 0 Å². The van der Waals surface area contributed by atoms with Crippen molar-refractivity contribution in [3.8, 4) is 0 Å². The van der Waals surface area contributed by atoms with Crippen molar-refractivity contribution in [2.75, 3.05) is 0 Å². The van der Waals surface area contributed by atoms with Crippen LogP contribution in [0.15, 0.2) is 30.3 Å². The van der Waals surface area contributed by atoms with Crippen LogP contribution in [0.1, 0.15) is 123 Å². The normalized spacial score (nSPS) is 14.8. The molecule has 0 spiro atoms. The maximum Gasteiger partial charge on any atom is 0.0307 e. The monoisotopic (exact) mass is 420 g/mol. The minimum atomic E-state index is 0.359. The highest BCUT2D eigenvalue weighted by atomic mass is 35.5. The Morgan fingerprint density at radius 3 is 1.59 bits per heavy atom. The SMILES string of the molecule is CC(Cl)CCCCCCCCCCCCCCC(C)(Cc1ccccc1)C(C)C. The van der Waals surface area contributed by atoms with Crippen LogP contribution in [0, 0.1) is 11.3 Å². The molecule has 0 nitrogen and oxygen atoms in total. The Balaban J connectivity index is 2.00. The van der Waals surface area contributed by atoms with E-state index in [2.05, 4.69) is 58.0 Å². The fraction of sp³-hybridized carbons (Fsp3) is 0.786. The van der Waals surface area contributed by atoms with E-state index >= 15 is 0 Å². The molecule has 0 aliphatic heterocycles. The van der Waals surface area contributed by atoms with Crippen LogP contribution in [0.4, 0.5) is 0 Å². The topological polar surface area (TPSA) is 0 Å². The van der Waals surface area contributed by atoms with Gasteiger partial charge in [-0.25, -0.2) is 0 Å². The summed E-state index contributed by atoms with van der Waals surface area (Å²) in [5.74, 6) is 0.737. The molecule has 2 unspecified atom stereocenters. The van der Waals surface area contributed by atoms with Gasteiger partial charge in [0, 0.05) is 5.38 Å². The molecule has 168 valence electrons. The molecule has 0 aliphatic carbocycles. The number of unbranched alkanes of at least 4 members (excludes halogenated alkanes) is 11. The Hall–Kier alpha value is -0.490. The zero-order chi connectivity index (χ0) is 21.4. The first-order chi connectivity index (χ1) is 13.9. The van der Waals surface area contributed by atoms with E-state index in [1.54, 1.807) is 0 Å². The largest absolute Gasteiger partial charge is 0.123 e. The summed E-state index contributed by atoms with van der Waals surface area (Å²) in [6, 6.07) is 11.1. The predicted octanol–water partition coefficient (Wildman–Crippen LogP) is 9.98. The molecule has 0 saturated carbocycles. The summed E-state index contributed by atoms with van der Waals surface area (Å²) in [5, 5.41) is 0.359. The van der Waals surface area contributed by atoms with Crippen LogP contribution in [0.3, 0.4) is 0 Å². The molecule has 1 heteroatoms. The van der Waals surface area contributed by atoms with Crippen molar-refractivity contribution in [1.82, 2.24) is 0 Å². The number of halogens is 1. The van der Waals surface area contributed by atoms with Gasteiger partial charge in [0.2, 0.25) is 0 Å². The number of rotatable bonds is 18. The van der Waals surface area contributed by atoms with E-state index in [0.717, 1.165) is 5.92 Å². The molecule has 0 radical (unpaired) electrons. The molecule has 1 aromatic rings. The Kier molecular flexibility index (Phi) is 14.9. The predicted molar refractivity (Wildman–Crippen MR) is 133 cm³/mol. The fourth-order valence-electron chi connectivity index (χ4n) is 4.37. The maximum atomic E-state index is 5.99. The van der Waals surface area contributed by atoms with Crippen molar-refractivity contribution in [3.63, 3.8) is 0 Å². The fourth-order valence-corrected chi connectivity index (χ4v) is 4.52. The molecule has 0 heterocycles. The third-order valence-electron chi connectivity index (χ3n) is 6.94. The highest BCUT2D eigenvalue weighted by Gasteiger charge is 2.27. The molecule has 29 heavy (non-hydrogen) atoms. The van der Waals surface area contributed by atoms with Crippen LogP contribution < -0.4 is 0 Å². The lowest BCUT2D eigenvalue weighted by atomic mass is 9.71. The van der Waals surface area contributed by atoms with E-state index in [0.29, 0.717) is 10.8 Å². The van der Waals surface area contributed by atoms with Gasteiger partial charge in [-0.3, -0.25) is 0 Å². The number of benzene rings is 1. The smallest absolute Gasteiger partial charge is 0.0307 e. The van der Waals surface area contributed by atoms with Gasteiger partial charge in [0.25, 0.3) is 0 Å². The molecule has 0 saturated heterocycles. The van der Waals surface area contributed by atoms with Gasteiger partial charge < -0.3 is 0 Å². The summed E-state index contributed by atoms with van der Waals surface area (Å²) in [6.07, 6.45) is 20.7. The molecule has 0 N–H and O–H groups in total. The minimum absolute atomic E-state index is 0.359. The summed E-state index contributed by atoms with van der Waals surface area (Å²) in [6.45, 7) is 9.42. The van der Waals surface area contributed by atoms with Crippen molar-refractivity contribution in [2.24, 2.45) is 11.3 Å². The van der Waals surface area contributed by atoms with Crippen molar-refractivity contribution in [1.29, 1.82) is 0 Å². The highest BCUT2D eigenvalue weighted by molar-refractivity contribution is 6.20. The molecule has 0 bridgehead atoms. The Bertz CT molecular complexity index is 478. The first-order valence-electron chi connectivity index (χ1n) is 12.6. The molecule has 0 fully saturated rings. The summed E-state index contributed by atoms with van der Waals surface area (Å²) < 4.78 is 0. The lowest BCUT2D eigenvalue weighted by Gasteiger charge is -2.34. The van der Waals surface area contributed by atoms with Gasteiger partial charge in [-0.2, -0.15) is 0 Å². The molecular formula is C28H49Cl. The first-order valence-corrected chi connectivity index (χ1v) is 13.1. The highest BCUT2D eigenvalue weighted by Crippen LogP contribution is 2.36. The molecular weight excluding hydrogens is 372 g/mol. The second kappa shape index (κ2) is 16.2. The Morgan fingerprint density at radius 1 is 0.690 bits per heavy atom. The number of alkyl halides is 1. The molecule has 1 rings (SSSR count). The number of hydrogen-bond acceptors (Lipinski definition) is 0. The van der Waals surface area contributed by atoms with Crippen LogP contribution in [0.25, 0.3) is 0 Å². The van der Waals surface area contributed by atoms with Crippen LogP contribution >= 0.6 is 11.6 Å². The lowest BCUT2D eigenvalue weighted by molar-refractivity contribution is 0.190. The van der Waals surface area contributed by atoms with E-state index in [1.807, 2.05) is 0 Å². The van der Waals surface area contributed by atoms with Gasteiger partial charge in [-0.15, -0.1) is 11.6 Å². The molecule has 1 aromatic carbocycles. The van der Waals surface area contributed by atoms with Crippen LogP contribution in [-0.4, -0.2) is 5.38 Å². The molecule has 0 aliphatic rings. The Morgan fingerprint density at radius 2 is 1.14 bits per heavy atom. The van der Waals surface area contributed by atoms with Gasteiger partial charge in [-0.05, 0) is 43.1 Å². The zero-order valence-corrected chi connectivity index (χ0v) is 20.8. The maximum absolute atomic E-state index is 5.99. The summed E-state index contributed by atoms with van der Waals surface area (Å²) >= 11 is 5.99. The Labute approximate surface area is 188 Å². The molecule has 2 atom stereocenters. The minimum Gasteiger partial charge on any atom is -0.123 e. The van der Waals surface area contributed by atoms with Crippen molar-refractivity contribution < 1.29 is 0 Å². The van der Waals surface area contributed by atoms with E-state index in [-0.39, 0.29) is 0 Å². The second-order valence-corrected chi connectivity index (χ2v) is 10.8. The summed E-state index contributed by atoms with van der Waals surface area (Å²) in [4.78, 5) is 0. The van der Waals surface area contributed by atoms with Crippen molar-refractivity contribution in [3.05, 3.63) is 35.9 Å². The molecule has 0 aromatic heterocycles. The van der Waals surface area contributed by atoms with Crippen molar-refractivity contribution in [2.45, 2.75) is 129 Å². The standard InChI is InChI=1S/C28H49Cl/c1-25(2)28(4,24-27-21-17-15-18-22-27)23-19-14-12-10-8-6-5-7-9-11-13-16-20-26(3)29/h15,17-18,21-22,25-26H,5-14,16,19-20,23-24H2,1-4H3. The van der Waals surface area contributed by atoms with Gasteiger partial charge in [0.05, 0.1) is 0 Å². The van der Waals surface area contributed by atoms with Gasteiger partial charge >= 0.3 is 0 Å². The lowest BCUT2D eigenvalue weighted by Crippen LogP contribution is -2.26. The third-order valence-corrected chi connectivity index (χ3v) is 7.16. The zero-order valence-electron chi connectivity index (χ0n) is 20.0. The third kappa shape index (κ3) is 13.4. The van der Waals surface area contributed by atoms with Crippen LogP contribution in [-0.2, 0) is 6.42 Å². The van der Waals surface area contributed by atoms with Crippen molar-refractivity contribution >= 4 is 11.6 Å². The van der Waals surface area contributed by atoms with E-state index in [1.165, 1.54) is 102 Å². The first kappa shape index (κ1) is 26.5. The van der Waals surface area contributed by atoms with Gasteiger partial charge in [0.15, 0.2) is 0 Å².